The van der Waals surface area contributed by atoms with Gasteiger partial charge >= 0.3 is 0 Å². The molecule has 1 aliphatic heterocycles. The topological polar surface area (TPSA) is 63.7 Å². The number of ether oxygens (including phenoxy) is 1. The molecule has 2 rings (SSSR count). The summed E-state index contributed by atoms with van der Waals surface area (Å²) in [6, 6.07) is 6.94. The molecule has 0 saturated carbocycles. The van der Waals surface area contributed by atoms with Gasteiger partial charge in [-0.2, -0.15) is 0 Å². The molecule has 0 radical (unpaired) electrons. The second-order valence-corrected chi connectivity index (χ2v) is 5.35. The molecule has 5 heteroatoms. The molecule has 21 heavy (non-hydrogen) atoms. The van der Waals surface area contributed by atoms with Crippen molar-refractivity contribution < 1.29 is 19.1 Å². The van der Waals surface area contributed by atoms with Gasteiger partial charge in [-0.05, 0) is 25.0 Å². The average Bonchev–Trinajstić information content (AvgIpc) is 2.42. The van der Waals surface area contributed by atoms with Crippen LogP contribution < -0.4 is 4.74 Å². The SMILES string of the molecule is CC(=O)c1ccccc1OCCN1C(=O)CC(C)CC1=O. The molecule has 1 heterocycles. The van der Waals surface area contributed by atoms with Crippen molar-refractivity contribution in [1.29, 1.82) is 0 Å². The Morgan fingerprint density at radius 3 is 2.48 bits per heavy atom. The minimum atomic E-state index is -0.151. The Balaban J connectivity index is 1.94. The van der Waals surface area contributed by atoms with Crippen LogP contribution >= 0.6 is 0 Å². The number of carbonyl (C=O) groups excluding carboxylic acids is 3. The third kappa shape index (κ3) is 3.68. The summed E-state index contributed by atoms with van der Waals surface area (Å²) in [6.07, 6.45) is 0.797. The largest absolute Gasteiger partial charge is 0.491 e. The van der Waals surface area contributed by atoms with Crippen molar-refractivity contribution in [2.24, 2.45) is 5.92 Å². The zero-order valence-electron chi connectivity index (χ0n) is 12.3. The molecular weight excluding hydrogens is 270 g/mol. The van der Waals surface area contributed by atoms with Crippen molar-refractivity contribution in [3.63, 3.8) is 0 Å². The summed E-state index contributed by atoms with van der Waals surface area (Å²) in [5, 5.41) is 0. The number of amides is 2. The standard InChI is InChI=1S/C16H19NO4/c1-11-9-15(19)17(16(20)10-11)7-8-21-14-6-4-3-5-13(14)12(2)18/h3-6,11H,7-10H2,1-2H3. The maximum absolute atomic E-state index is 11.8. The molecule has 2 amide bonds. The van der Waals surface area contributed by atoms with Crippen molar-refractivity contribution in [3.8, 4) is 5.75 Å². The summed E-state index contributed by atoms with van der Waals surface area (Å²) in [5.41, 5.74) is 0.502. The van der Waals surface area contributed by atoms with Gasteiger partial charge in [-0.1, -0.05) is 19.1 Å². The number of piperidine rings is 1. The molecule has 1 fully saturated rings. The fourth-order valence-electron chi connectivity index (χ4n) is 2.41. The molecule has 0 aromatic heterocycles. The zero-order chi connectivity index (χ0) is 15.4. The van der Waals surface area contributed by atoms with E-state index in [2.05, 4.69) is 0 Å². The number of carbonyl (C=O) groups is 3. The van der Waals surface area contributed by atoms with Crippen molar-refractivity contribution in [3.05, 3.63) is 29.8 Å². The van der Waals surface area contributed by atoms with E-state index in [0.29, 0.717) is 24.2 Å². The van der Waals surface area contributed by atoms with Crippen LogP contribution in [-0.4, -0.2) is 35.6 Å². The van der Waals surface area contributed by atoms with E-state index in [9.17, 15) is 14.4 Å². The lowest BCUT2D eigenvalue weighted by Gasteiger charge is -2.28. The highest BCUT2D eigenvalue weighted by atomic mass is 16.5. The first-order valence-electron chi connectivity index (χ1n) is 7.05. The van der Waals surface area contributed by atoms with Gasteiger partial charge in [-0.3, -0.25) is 19.3 Å². The molecular formula is C16H19NO4. The van der Waals surface area contributed by atoms with E-state index in [1.54, 1.807) is 24.3 Å². The summed E-state index contributed by atoms with van der Waals surface area (Å²) in [4.78, 5) is 36.4. The van der Waals surface area contributed by atoms with E-state index < -0.39 is 0 Å². The van der Waals surface area contributed by atoms with Gasteiger partial charge in [0.25, 0.3) is 0 Å². The summed E-state index contributed by atoms with van der Waals surface area (Å²) in [6.45, 7) is 3.78. The number of para-hydroxylation sites is 1. The van der Waals surface area contributed by atoms with Gasteiger partial charge in [0.05, 0.1) is 12.1 Å². The van der Waals surface area contributed by atoms with E-state index in [-0.39, 0.29) is 36.7 Å². The normalized spacial score (nSPS) is 16.2. The Kier molecular flexibility index (Phi) is 4.73. The molecule has 0 atom stereocenters. The monoisotopic (exact) mass is 289 g/mol. The van der Waals surface area contributed by atoms with Crippen molar-refractivity contribution in [2.45, 2.75) is 26.7 Å². The summed E-state index contributed by atoms with van der Waals surface area (Å²) in [5.74, 6) is 0.213. The second kappa shape index (κ2) is 6.52. The van der Waals surface area contributed by atoms with E-state index in [0.717, 1.165) is 0 Å². The summed E-state index contributed by atoms with van der Waals surface area (Å²) >= 11 is 0. The third-order valence-corrected chi connectivity index (χ3v) is 3.49. The smallest absolute Gasteiger partial charge is 0.229 e. The molecule has 0 unspecified atom stereocenters. The lowest BCUT2D eigenvalue weighted by molar-refractivity contribution is -0.150. The quantitative estimate of drug-likeness (QED) is 0.615. The maximum atomic E-state index is 11.8. The number of ketones is 1. The number of benzene rings is 1. The highest BCUT2D eigenvalue weighted by molar-refractivity contribution is 5.98. The molecule has 0 N–H and O–H groups in total. The second-order valence-electron chi connectivity index (χ2n) is 5.35. The Labute approximate surface area is 123 Å². The predicted octanol–water partition coefficient (Wildman–Crippen LogP) is 2.05. The molecule has 1 aromatic rings. The molecule has 0 aliphatic carbocycles. The molecule has 0 bridgehead atoms. The van der Waals surface area contributed by atoms with Crippen LogP contribution in [0.1, 0.15) is 37.0 Å². The van der Waals surface area contributed by atoms with Crippen LogP contribution in [0.5, 0.6) is 5.75 Å². The number of imide groups is 1. The van der Waals surface area contributed by atoms with Gasteiger partial charge in [0, 0.05) is 12.8 Å². The van der Waals surface area contributed by atoms with E-state index in [1.807, 2.05) is 6.92 Å². The van der Waals surface area contributed by atoms with Crippen molar-refractivity contribution >= 4 is 17.6 Å². The van der Waals surface area contributed by atoms with Crippen LogP contribution in [0.25, 0.3) is 0 Å². The van der Waals surface area contributed by atoms with Crippen molar-refractivity contribution in [1.82, 2.24) is 4.90 Å². The Morgan fingerprint density at radius 2 is 1.86 bits per heavy atom. The summed E-state index contributed by atoms with van der Waals surface area (Å²) < 4.78 is 5.56. The van der Waals surface area contributed by atoms with Crippen molar-refractivity contribution in [2.75, 3.05) is 13.2 Å². The van der Waals surface area contributed by atoms with Gasteiger partial charge in [0.1, 0.15) is 12.4 Å². The zero-order valence-corrected chi connectivity index (χ0v) is 12.3. The minimum absolute atomic E-state index is 0.0791. The highest BCUT2D eigenvalue weighted by Crippen LogP contribution is 2.20. The predicted molar refractivity (Wildman–Crippen MR) is 77.1 cm³/mol. The van der Waals surface area contributed by atoms with Crippen LogP contribution in [0, 0.1) is 5.92 Å². The fraction of sp³-hybridized carbons (Fsp3) is 0.438. The number of rotatable bonds is 5. The molecule has 1 saturated heterocycles. The first-order chi connectivity index (χ1) is 9.99. The van der Waals surface area contributed by atoms with E-state index in [4.69, 9.17) is 4.74 Å². The number of hydrogen-bond acceptors (Lipinski definition) is 4. The molecule has 112 valence electrons. The van der Waals surface area contributed by atoms with E-state index in [1.165, 1.54) is 11.8 Å². The van der Waals surface area contributed by atoms with Gasteiger partial charge in [-0.15, -0.1) is 0 Å². The molecule has 5 nitrogen and oxygen atoms in total. The Morgan fingerprint density at radius 1 is 1.24 bits per heavy atom. The highest BCUT2D eigenvalue weighted by Gasteiger charge is 2.29. The molecule has 0 spiro atoms. The number of nitrogens with zero attached hydrogens (tertiary/aromatic N) is 1. The van der Waals surface area contributed by atoms with Gasteiger partial charge < -0.3 is 4.74 Å². The van der Waals surface area contributed by atoms with Crippen LogP contribution in [0.4, 0.5) is 0 Å². The number of Topliss-reactive ketones (excluding diaryl/α,β-unsaturated/α-hetero) is 1. The average molecular weight is 289 g/mol. The molecule has 1 aromatic carbocycles. The van der Waals surface area contributed by atoms with Gasteiger partial charge in [0.2, 0.25) is 11.8 Å². The van der Waals surface area contributed by atoms with Crippen LogP contribution in [-0.2, 0) is 9.59 Å². The number of likely N-dealkylation sites (tertiary alicyclic amines) is 1. The third-order valence-electron chi connectivity index (χ3n) is 3.49. The van der Waals surface area contributed by atoms with Gasteiger partial charge in [-0.25, -0.2) is 0 Å². The lowest BCUT2D eigenvalue weighted by atomic mass is 9.98. The number of hydrogen-bond donors (Lipinski definition) is 0. The Bertz CT molecular complexity index is 549. The van der Waals surface area contributed by atoms with Crippen LogP contribution in [0.3, 0.4) is 0 Å². The molecule has 1 aliphatic rings. The maximum Gasteiger partial charge on any atom is 0.229 e. The fourth-order valence-corrected chi connectivity index (χ4v) is 2.41. The van der Waals surface area contributed by atoms with Gasteiger partial charge in [0.15, 0.2) is 5.78 Å². The Hall–Kier alpha value is -2.17. The first-order valence-corrected chi connectivity index (χ1v) is 7.05. The first kappa shape index (κ1) is 15.2. The summed E-state index contributed by atoms with van der Waals surface area (Å²) in [7, 11) is 0. The van der Waals surface area contributed by atoms with Crippen LogP contribution in [0.15, 0.2) is 24.3 Å². The van der Waals surface area contributed by atoms with Crippen LogP contribution in [0.2, 0.25) is 0 Å². The van der Waals surface area contributed by atoms with E-state index >= 15 is 0 Å². The minimum Gasteiger partial charge on any atom is -0.491 e. The lowest BCUT2D eigenvalue weighted by Crippen LogP contribution is -2.44.